The van der Waals surface area contributed by atoms with Gasteiger partial charge in [0.2, 0.25) is 0 Å². The maximum Gasteiger partial charge on any atom is 0.115 e. The van der Waals surface area contributed by atoms with Crippen molar-refractivity contribution < 1.29 is 10.2 Å². The molecule has 2 aromatic rings. The summed E-state index contributed by atoms with van der Waals surface area (Å²) in [5.74, 6) is 2.46. The van der Waals surface area contributed by atoms with E-state index in [-0.39, 0.29) is 5.41 Å². The lowest BCUT2D eigenvalue weighted by Crippen LogP contribution is -2.43. The summed E-state index contributed by atoms with van der Waals surface area (Å²) in [5.41, 5.74) is 2.45. The van der Waals surface area contributed by atoms with E-state index in [0.29, 0.717) is 29.3 Å². The lowest BCUT2D eigenvalue weighted by Gasteiger charge is -2.48. The van der Waals surface area contributed by atoms with Gasteiger partial charge < -0.3 is 10.2 Å². The van der Waals surface area contributed by atoms with Crippen LogP contribution in [0.15, 0.2) is 48.5 Å². The van der Waals surface area contributed by atoms with E-state index in [1.54, 1.807) is 24.3 Å². The van der Waals surface area contributed by atoms with Crippen LogP contribution in [0.3, 0.4) is 0 Å². The number of hydrogen-bond acceptors (Lipinski definition) is 2. The Kier molecular flexibility index (Phi) is 4.09. The van der Waals surface area contributed by atoms with Crippen LogP contribution in [-0.2, 0) is 5.41 Å². The van der Waals surface area contributed by atoms with Crippen LogP contribution in [-0.4, -0.2) is 10.2 Å². The maximum atomic E-state index is 9.67. The Bertz CT molecular complexity index is 612. The normalized spacial score (nSPS) is 26.8. The average molecular weight is 310 g/mol. The summed E-state index contributed by atoms with van der Waals surface area (Å²) in [5, 5.41) is 19.3. The SMILES string of the molecule is CC1CC(C)C(c2ccc(O)cc2)(c2ccc(O)cc2)CC1C. The lowest BCUT2D eigenvalue weighted by atomic mass is 9.55. The highest BCUT2D eigenvalue weighted by molar-refractivity contribution is 5.44. The second-order valence-corrected chi connectivity index (χ2v) is 7.36. The van der Waals surface area contributed by atoms with E-state index in [2.05, 4.69) is 45.0 Å². The minimum Gasteiger partial charge on any atom is -0.508 e. The molecule has 23 heavy (non-hydrogen) atoms. The summed E-state index contributed by atoms with van der Waals surface area (Å²) in [6.07, 6.45) is 2.27. The zero-order valence-corrected chi connectivity index (χ0v) is 14.2. The van der Waals surface area contributed by atoms with Crippen molar-refractivity contribution in [1.82, 2.24) is 0 Å². The highest BCUT2D eigenvalue weighted by Gasteiger charge is 2.45. The average Bonchev–Trinajstić information content (AvgIpc) is 2.53. The molecule has 3 unspecified atom stereocenters. The summed E-state index contributed by atoms with van der Waals surface area (Å²) < 4.78 is 0. The van der Waals surface area contributed by atoms with Gasteiger partial charge >= 0.3 is 0 Å². The molecule has 0 radical (unpaired) electrons. The van der Waals surface area contributed by atoms with Gasteiger partial charge in [-0.05, 0) is 66.0 Å². The van der Waals surface area contributed by atoms with Crippen LogP contribution in [0.25, 0.3) is 0 Å². The van der Waals surface area contributed by atoms with Crippen LogP contribution in [0.5, 0.6) is 11.5 Å². The number of phenolic OH excluding ortho intramolecular Hbond substituents is 2. The van der Waals surface area contributed by atoms with Crippen molar-refractivity contribution in [2.75, 3.05) is 0 Å². The Balaban J connectivity index is 2.16. The van der Waals surface area contributed by atoms with Gasteiger partial charge in [0, 0.05) is 5.41 Å². The van der Waals surface area contributed by atoms with Gasteiger partial charge in [-0.25, -0.2) is 0 Å². The Morgan fingerprint density at radius 2 is 1.17 bits per heavy atom. The van der Waals surface area contributed by atoms with Crippen molar-refractivity contribution in [2.45, 2.75) is 39.0 Å². The van der Waals surface area contributed by atoms with E-state index in [1.165, 1.54) is 17.5 Å². The topological polar surface area (TPSA) is 40.5 Å². The van der Waals surface area contributed by atoms with Crippen LogP contribution >= 0.6 is 0 Å². The van der Waals surface area contributed by atoms with Gasteiger partial charge in [-0.2, -0.15) is 0 Å². The zero-order valence-electron chi connectivity index (χ0n) is 14.2. The first-order chi connectivity index (χ1) is 10.9. The van der Waals surface area contributed by atoms with Gasteiger partial charge in [0.25, 0.3) is 0 Å². The van der Waals surface area contributed by atoms with Crippen molar-refractivity contribution in [1.29, 1.82) is 0 Å². The predicted octanol–water partition coefficient (Wildman–Crippen LogP) is 5.09. The van der Waals surface area contributed by atoms with Gasteiger partial charge in [-0.3, -0.25) is 0 Å². The number of rotatable bonds is 2. The molecule has 2 aromatic carbocycles. The number of aromatic hydroxyl groups is 2. The van der Waals surface area contributed by atoms with Gasteiger partial charge in [0.1, 0.15) is 11.5 Å². The molecule has 0 aliphatic heterocycles. The molecule has 0 saturated heterocycles. The second kappa shape index (κ2) is 5.92. The van der Waals surface area contributed by atoms with Crippen LogP contribution in [0.1, 0.15) is 44.7 Å². The summed E-state index contributed by atoms with van der Waals surface area (Å²) in [4.78, 5) is 0. The molecular formula is C21H26O2. The van der Waals surface area contributed by atoms with Crippen molar-refractivity contribution in [3.63, 3.8) is 0 Å². The monoisotopic (exact) mass is 310 g/mol. The van der Waals surface area contributed by atoms with E-state index in [9.17, 15) is 10.2 Å². The molecule has 0 aromatic heterocycles. The fourth-order valence-electron chi connectivity index (χ4n) is 4.39. The van der Waals surface area contributed by atoms with E-state index in [1.807, 2.05) is 0 Å². The zero-order chi connectivity index (χ0) is 16.6. The smallest absolute Gasteiger partial charge is 0.115 e. The third kappa shape index (κ3) is 2.71. The molecule has 0 amide bonds. The lowest BCUT2D eigenvalue weighted by molar-refractivity contribution is 0.136. The number of phenols is 2. The van der Waals surface area contributed by atoms with Crippen LogP contribution < -0.4 is 0 Å². The van der Waals surface area contributed by atoms with Crippen molar-refractivity contribution >= 4 is 0 Å². The van der Waals surface area contributed by atoms with Crippen LogP contribution in [0.2, 0.25) is 0 Å². The molecule has 0 heterocycles. The first-order valence-electron chi connectivity index (χ1n) is 8.52. The van der Waals surface area contributed by atoms with E-state index >= 15 is 0 Å². The molecule has 2 N–H and O–H groups in total. The quantitative estimate of drug-likeness (QED) is 0.811. The number of benzene rings is 2. The standard InChI is InChI=1S/C21H26O2/c1-14-12-16(3)21(13-15(14)2,17-4-8-19(22)9-5-17)18-6-10-20(23)11-7-18/h4-11,14-16,22-23H,12-13H2,1-3H3. The maximum absolute atomic E-state index is 9.67. The molecule has 1 fully saturated rings. The van der Waals surface area contributed by atoms with Crippen LogP contribution in [0.4, 0.5) is 0 Å². The molecule has 122 valence electrons. The van der Waals surface area contributed by atoms with Crippen molar-refractivity contribution in [3.8, 4) is 11.5 Å². The Labute approximate surface area is 138 Å². The van der Waals surface area contributed by atoms with Gasteiger partial charge in [-0.1, -0.05) is 45.0 Å². The fraction of sp³-hybridized carbons (Fsp3) is 0.429. The third-order valence-electron chi connectivity index (χ3n) is 5.95. The molecule has 2 heteroatoms. The molecule has 0 spiro atoms. The first kappa shape index (κ1) is 15.9. The van der Waals surface area contributed by atoms with Gasteiger partial charge in [-0.15, -0.1) is 0 Å². The van der Waals surface area contributed by atoms with E-state index in [0.717, 1.165) is 6.42 Å². The molecule has 3 atom stereocenters. The number of hydrogen-bond donors (Lipinski definition) is 2. The van der Waals surface area contributed by atoms with Crippen LogP contribution in [0, 0.1) is 17.8 Å². The second-order valence-electron chi connectivity index (χ2n) is 7.36. The van der Waals surface area contributed by atoms with E-state index in [4.69, 9.17) is 0 Å². The molecule has 1 aliphatic rings. The summed E-state index contributed by atoms with van der Waals surface area (Å²) >= 11 is 0. The highest BCUT2D eigenvalue weighted by Crippen LogP contribution is 2.52. The predicted molar refractivity (Wildman–Crippen MR) is 93.7 cm³/mol. The molecular weight excluding hydrogens is 284 g/mol. The summed E-state index contributed by atoms with van der Waals surface area (Å²) in [7, 11) is 0. The highest BCUT2D eigenvalue weighted by atomic mass is 16.3. The summed E-state index contributed by atoms with van der Waals surface area (Å²) in [6.45, 7) is 7.02. The minimum absolute atomic E-state index is 0.0622. The molecule has 1 aliphatic carbocycles. The van der Waals surface area contributed by atoms with Gasteiger partial charge in [0.05, 0.1) is 0 Å². The molecule has 1 saturated carbocycles. The molecule has 0 bridgehead atoms. The first-order valence-corrected chi connectivity index (χ1v) is 8.52. The fourth-order valence-corrected chi connectivity index (χ4v) is 4.39. The Morgan fingerprint density at radius 1 is 0.739 bits per heavy atom. The van der Waals surface area contributed by atoms with Crippen molar-refractivity contribution in [2.24, 2.45) is 17.8 Å². The third-order valence-corrected chi connectivity index (χ3v) is 5.95. The summed E-state index contributed by atoms with van der Waals surface area (Å²) in [6, 6.07) is 15.4. The van der Waals surface area contributed by atoms with Gasteiger partial charge in [0.15, 0.2) is 0 Å². The largest absolute Gasteiger partial charge is 0.508 e. The van der Waals surface area contributed by atoms with E-state index < -0.39 is 0 Å². The molecule has 3 rings (SSSR count). The van der Waals surface area contributed by atoms with Crippen molar-refractivity contribution in [3.05, 3.63) is 59.7 Å². The Morgan fingerprint density at radius 3 is 1.61 bits per heavy atom. The minimum atomic E-state index is -0.0622. The molecule has 2 nitrogen and oxygen atoms in total. The Hall–Kier alpha value is -1.96.